The molecule has 2 nitrogen and oxygen atoms in total. The zero-order valence-corrected chi connectivity index (χ0v) is 21.3. The molecule has 4 aliphatic carbocycles. The van der Waals surface area contributed by atoms with E-state index in [2.05, 4.69) is 20.8 Å². The van der Waals surface area contributed by atoms with Gasteiger partial charge in [-0.05, 0) is 104 Å². The molecule has 1 N–H and O–H groups in total. The lowest BCUT2D eigenvalue weighted by Crippen LogP contribution is -2.53. The van der Waals surface area contributed by atoms with E-state index >= 15 is 0 Å². The van der Waals surface area contributed by atoms with E-state index in [1.165, 1.54) is 64.2 Å². The second-order valence-electron chi connectivity index (χ2n) is 11.0. The molecule has 8 atom stereocenters. The number of rotatable bonds is 4. The molecule has 0 spiro atoms. The second kappa shape index (κ2) is 10.9. The maximum atomic E-state index is 11.0. The van der Waals surface area contributed by atoms with Crippen LogP contribution in [0.5, 0.6) is 0 Å². The average Bonchev–Trinajstić information content (AvgIpc) is 3.11. The highest BCUT2D eigenvalue weighted by Crippen LogP contribution is 2.68. The fourth-order valence-electron chi connectivity index (χ4n) is 8.82. The van der Waals surface area contributed by atoms with Crippen molar-refractivity contribution < 1.29 is 9.90 Å². The molecule has 176 valence electrons. The Balaban J connectivity index is 0.000000757. The van der Waals surface area contributed by atoms with Crippen LogP contribution in [0.1, 0.15) is 126 Å². The molecular formula is C28H52O2. The van der Waals surface area contributed by atoms with Gasteiger partial charge in [0, 0.05) is 6.42 Å². The van der Waals surface area contributed by atoms with Crippen LogP contribution in [0.3, 0.4) is 0 Å². The van der Waals surface area contributed by atoms with Crippen molar-refractivity contribution in [3.05, 3.63) is 0 Å². The van der Waals surface area contributed by atoms with Gasteiger partial charge in [0.2, 0.25) is 0 Å². The maximum absolute atomic E-state index is 11.0. The number of aliphatic carboxylic acids is 1. The molecule has 4 aliphatic rings. The van der Waals surface area contributed by atoms with E-state index in [0.29, 0.717) is 23.2 Å². The summed E-state index contributed by atoms with van der Waals surface area (Å²) in [6.07, 6.45) is 15.7. The third-order valence-corrected chi connectivity index (χ3v) is 10.2. The van der Waals surface area contributed by atoms with E-state index in [4.69, 9.17) is 5.11 Å². The topological polar surface area (TPSA) is 37.3 Å². The van der Waals surface area contributed by atoms with Gasteiger partial charge in [-0.25, -0.2) is 0 Å². The molecule has 7 unspecified atom stereocenters. The van der Waals surface area contributed by atoms with Crippen LogP contribution < -0.4 is 0 Å². The fourth-order valence-corrected chi connectivity index (χ4v) is 8.82. The molecule has 0 aromatic rings. The average molecular weight is 421 g/mol. The maximum Gasteiger partial charge on any atom is 0.303 e. The minimum Gasteiger partial charge on any atom is -0.481 e. The van der Waals surface area contributed by atoms with E-state index in [0.717, 1.165) is 36.0 Å². The van der Waals surface area contributed by atoms with Crippen LogP contribution >= 0.6 is 0 Å². The van der Waals surface area contributed by atoms with Gasteiger partial charge >= 0.3 is 5.97 Å². The summed E-state index contributed by atoms with van der Waals surface area (Å²) < 4.78 is 0. The third kappa shape index (κ3) is 4.63. The number of fused-ring (bicyclic) bond motifs is 5. The number of carboxylic acids is 1. The SMILES string of the molecule is CC.CC.C[C@H](CCC(=O)O)C1CCC2C3CCC4CCCCC4(C)C3CCC21C. The van der Waals surface area contributed by atoms with Crippen LogP contribution in [0.4, 0.5) is 0 Å². The summed E-state index contributed by atoms with van der Waals surface area (Å²) in [5.41, 5.74) is 1.12. The molecule has 0 amide bonds. The van der Waals surface area contributed by atoms with Crippen molar-refractivity contribution in [1.29, 1.82) is 0 Å². The van der Waals surface area contributed by atoms with Gasteiger partial charge in [-0.3, -0.25) is 4.79 Å². The van der Waals surface area contributed by atoms with Crippen molar-refractivity contribution in [2.24, 2.45) is 46.3 Å². The Morgan fingerprint density at radius 3 is 2.20 bits per heavy atom. The van der Waals surface area contributed by atoms with E-state index in [-0.39, 0.29) is 0 Å². The van der Waals surface area contributed by atoms with Crippen molar-refractivity contribution in [3.63, 3.8) is 0 Å². The van der Waals surface area contributed by atoms with Gasteiger partial charge in [-0.1, -0.05) is 61.3 Å². The minimum absolute atomic E-state index is 0.351. The van der Waals surface area contributed by atoms with Gasteiger partial charge in [0.25, 0.3) is 0 Å². The van der Waals surface area contributed by atoms with Crippen LogP contribution in [0.25, 0.3) is 0 Å². The summed E-state index contributed by atoms with van der Waals surface area (Å²) in [7, 11) is 0. The molecule has 30 heavy (non-hydrogen) atoms. The molecule has 0 heterocycles. The Hall–Kier alpha value is -0.530. The molecule has 4 rings (SSSR count). The highest BCUT2D eigenvalue weighted by Gasteiger charge is 2.60. The van der Waals surface area contributed by atoms with Crippen LogP contribution in [0, 0.1) is 46.3 Å². The largest absolute Gasteiger partial charge is 0.481 e. The molecule has 0 aliphatic heterocycles. The van der Waals surface area contributed by atoms with Crippen molar-refractivity contribution in [3.8, 4) is 0 Å². The van der Waals surface area contributed by atoms with Gasteiger partial charge in [-0.2, -0.15) is 0 Å². The summed E-state index contributed by atoms with van der Waals surface area (Å²) in [5, 5.41) is 9.09. The summed E-state index contributed by atoms with van der Waals surface area (Å²) in [6.45, 7) is 15.6. The standard InChI is InChI=1S/C24H40O2.2C2H6/c1-16(7-12-22(25)26)19-10-11-20-18-9-8-17-6-4-5-14-23(17,2)21(18)13-15-24(19,20)3;2*1-2/h16-21H,4-15H2,1-3H3,(H,25,26);2*1-2H3/t16-,17?,18?,19?,20?,21?,23?,24?;;/m1../s1. The Labute approximate surface area is 188 Å². The van der Waals surface area contributed by atoms with Gasteiger partial charge in [-0.15, -0.1) is 0 Å². The molecular weight excluding hydrogens is 368 g/mol. The summed E-state index contributed by atoms with van der Waals surface area (Å²) in [5.74, 6) is 4.57. The number of hydrogen-bond acceptors (Lipinski definition) is 1. The van der Waals surface area contributed by atoms with Crippen molar-refractivity contribution in [2.45, 2.75) is 126 Å². The molecule has 0 aromatic heterocycles. The highest BCUT2D eigenvalue weighted by atomic mass is 16.4. The van der Waals surface area contributed by atoms with E-state index in [1.807, 2.05) is 27.7 Å². The molecule has 0 aromatic carbocycles. The monoisotopic (exact) mass is 420 g/mol. The lowest BCUT2D eigenvalue weighted by atomic mass is 9.44. The van der Waals surface area contributed by atoms with Gasteiger partial charge in [0.05, 0.1) is 0 Å². The molecule has 2 heteroatoms. The molecule has 4 fully saturated rings. The van der Waals surface area contributed by atoms with Gasteiger partial charge in [0.15, 0.2) is 0 Å². The second-order valence-corrected chi connectivity index (χ2v) is 11.0. The van der Waals surface area contributed by atoms with E-state index in [1.54, 1.807) is 0 Å². The first-order valence-electron chi connectivity index (χ1n) is 13.6. The normalized spacial score (nSPS) is 42.8. The highest BCUT2D eigenvalue weighted by molar-refractivity contribution is 5.66. The fraction of sp³-hybridized carbons (Fsp3) is 0.964. The Morgan fingerprint density at radius 2 is 1.53 bits per heavy atom. The first kappa shape index (κ1) is 25.7. The van der Waals surface area contributed by atoms with Crippen LogP contribution in [-0.4, -0.2) is 11.1 Å². The number of carbonyl (C=O) groups is 1. The van der Waals surface area contributed by atoms with Gasteiger partial charge < -0.3 is 5.11 Å². The quantitative estimate of drug-likeness (QED) is 0.494. The van der Waals surface area contributed by atoms with Crippen LogP contribution in [-0.2, 0) is 4.79 Å². The van der Waals surface area contributed by atoms with E-state index < -0.39 is 5.97 Å². The lowest BCUT2D eigenvalue weighted by Gasteiger charge is -2.61. The van der Waals surface area contributed by atoms with Gasteiger partial charge in [0.1, 0.15) is 0 Å². The molecule has 0 bridgehead atoms. The number of hydrogen-bond donors (Lipinski definition) is 1. The summed E-state index contributed by atoms with van der Waals surface area (Å²) in [4.78, 5) is 11.0. The molecule has 0 radical (unpaired) electrons. The smallest absolute Gasteiger partial charge is 0.303 e. The first-order chi connectivity index (χ1) is 14.4. The number of carboxylic acid groups (broad SMARTS) is 1. The first-order valence-corrected chi connectivity index (χ1v) is 13.6. The predicted molar refractivity (Wildman–Crippen MR) is 129 cm³/mol. The summed E-state index contributed by atoms with van der Waals surface area (Å²) >= 11 is 0. The Bertz CT molecular complexity index is 543. The summed E-state index contributed by atoms with van der Waals surface area (Å²) in [6, 6.07) is 0. The predicted octanol–water partition coefficient (Wildman–Crippen LogP) is 8.59. The van der Waals surface area contributed by atoms with Crippen molar-refractivity contribution >= 4 is 5.97 Å². The lowest BCUT2D eigenvalue weighted by molar-refractivity contribution is -0.137. The zero-order chi connectivity index (χ0) is 22.5. The Morgan fingerprint density at radius 1 is 0.867 bits per heavy atom. The zero-order valence-electron chi connectivity index (χ0n) is 21.3. The van der Waals surface area contributed by atoms with E-state index in [9.17, 15) is 4.79 Å². The Kier molecular flexibility index (Phi) is 9.32. The molecule has 0 saturated heterocycles. The minimum atomic E-state index is -0.621. The van der Waals surface area contributed by atoms with Crippen LogP contribution in [0.2, 0.25) is 0 Å². The van der Waals surface area contributed by atoms with Crippen LogP contribution in [0.15, 0.2) is 0 Å². The molecule has 4 saturated carbocycles. The van der Waals surface area contributed by atoms with Crippen molar-refractivity contribution in [1.82, 2.24) is 0 Å². The third-order valence-electron chi connectivity index (χ3n) is 10.2. The van der Waals surface area contributed by atoms with Crippen molar-refractivity contribution in [2.75, 3.05) is 0 Å².